The molecule has 0 aromatic carbocycles. The van der Waals surface area contributed by atoms with Crippen molar-refractivity contribution in [3.05, 3.63) is 0 Å². The maximum absolute atomic E-state index is 5.90. The molecule has 3 N–H and O–H groups in total. The third kappa shape index (κ3) is 3.56. The van der Waals surface area contributed by atoms with Gasteiger partial charge in [0.25, 0.3) is 0 Å². The third-order valence-electron chi connectivity index (χ3n) is 5.97. The molecule has 4 heterocycles. The molecule has 4 rings (SSSR count). The minimum Gasteiger partial charge on any atom is -0.379 e. The number of morpholine rings is 1. The van der Waals surface area contributed by atoms with Crippen molar-refractivity contribution >= 4 is 0 Å². The smallest absolute Gasteiger partial charge is 0.146 e. The molecule has 4 unspecified atom stereocenters. The van der Waals surface area contributed by atoms with Crippen LogP contribution < -0.4 is 16.1 Å². The molecule has 0 radical (unpaired) electrons. The van der Waals surface area contributed by atoms with Gasteiger partial charge in [0.2, 0.25) is 0 Å². The lowest BCUT2D eigenvalue weighted by Gasteiger charge is -2.41. The number of nitrogens with zero attached hydrogens (tertiary/aromatic N) is 2. The molecule has 4 aliphatic rings. The Bertz CT molecular complexity index is 393. The Morgan fingerprint density at radius 2 is 1.96 bits per heavy atom. The summed E-state index contributed by atoms with van der Waals surface area (Å²) in [6.45, 7) is 6.08. The highest BCUT2D eigenvalue weighted by atomic mass is 16.7. The van der Waals surface area contributed by atoms with Crippen LogP contribution in [-0.2, 0) is 9.57 Å². The molecule has 0 spiro atoms. The zero-order chi connectivity index (χ0) is 15.6. The number of rotatable bonds is 3. The van der Waals surface area contributed by atoms with Gasteiger partial charge in [-0.3, -0.25) is 20.0 Å². The molecule has 23 heavy (non-hydrogen) atoms. The molecule has 5 atom stereocenters. The average Bonchev–Trinajstić information content (AvgIpc) is 3.24. The fourth-order valence-corrected chi connectivity index (χ4v) is 4.53. The Morgan fingerprint density at radius 3 is 2.74 bits per heavy atom. The Balaban J connectivity index is 1.31. The van der Waals surface area contributed by atoms with E-state index < -0.39 is 0 Å². The standard InChI is InChI=1S/C16H31N5O2/c1-20-6-2-3-13(20)16-18-15(19-23-16)12-4-5-17-14(11-12)21-7-9-22-10-8-21/h12-19H,2-11H2,1H3/t12?,13-,14?,15?,16?/m0/s1. The van der Waals surface area contributed by atoms with Crippen LogP contribution in [0.25, 0.3) is 0 Å². The number of likely N-dealkylation sites (tertiary alicyclic amines) is 1. The first kappa shape index (κ1) is 16.2. The molecular formula is C16H31N5O2. The van der Waals surface area contributed by atoms with E-state index in [1.54, 1.807) is 0 Å². The van der Waals surface area contributed by atoms with E-state index in [9.17, 15) is 0 Å². The highest BCUT2D eigenvalue weighted by Crippen LogP contribution is 2.26. The second-order valence-corrected chi connectivity index (χ2v) is 7.39. The molecule has 4 fully saturated rings. The average molecular weight is 325 g/mol. The Morgan fingerprint density at radius 1 is 1.09 bits per heavy atom. The molecule has 0 aromatic rings. The van der Waals surface area contributed by atoms with Gasteiger partial charge in [-0.25, -0.2) is 0 Å². The van der Waals surface area contributed by atoms with Crippen LogP contribution in [0.15, 0.2) is 0 Å². The quantitative estimate of drug-likeness (QED) is 0.648. The maximum atomic E-state index is 5.90. The van der Waals surface area contributed by atoms with Crippen molar-refractivity contribution in [1.29, 1.82) is 0 Å². The van der Waals surface area contributed by atoms with Crippen LogP contribution in [0.1, 0.15) is 25.7 Å². The van der Waals surface area contributed by atoms with Crippen LogP contribution in [0.3, 0.4) is 0 Å². The van der Waals surface area contributed by atoms with Gasteiger partial charge in [0.05, 0.1) is 31.6 Å². The summed E-state index contributed by atoms with van der Waals surface area (Å²) >= 11 is 0. The zero-order valence-corrected chi connectivity index (χ0v) is 14.2. The number of likely N-dealkylation sites (N-methyl/N-ethyl adjacent to an activating group) is 1. The van der Waals surface area contributed by atoms with E-state index in [2.05, 4.69) is 33.0 Å². The van der Waals surface area contributed by atoms with Crippen molar-refractivity contribution < 1.29 is 9.57 Å². The molecule has 132 valence electrons. The van der Waals surface area contributed by atoms with E-state index in [0.717, 1.165) is 32.8 Å². The molecule has 4 aliphatic heterocycles. The van der Waals surface area contributed by atoms with E-state index in [-0.39, 0.29) is 12.4 Å². The summed E-state index contributed by atoms with van der Waals surface area (Å²) in [5.41, 5.74) is 3.29. The summed E-state index contributed by atoms with van der Waals surface area (Å²) in [4.78, 5) is 10.8. The molecule has 0 bridgehead atoms. The Kier molecular flexibility index (Phi) is 5.15. The van der Waals surface area contributed by atoms with Crippen LogP contribution in [0.2, 0.25) is 0 Å². The maximum Gasteiger partial charge on any atom is 0.146 e. The first-order valence-corrected chi connectivity index (χ1v) is 9.24. The highest BCUT2D eigenvalue weighted by molar-refractivity contribution is 4.91. The van der Waals surface area contributed by atoms with Gasteiger partial charge in [-0.2, -0.15) is 5.48 Å². The Hall–Kier alpha value is -0.280. The lowest BCUT2D eigenvalue weighted by Crippen LogP contribution is -2.57. The molecule has 4 saturated heterocycles. The minimum absolute atomic E-state index is 0.129. The van der Waals surface area contributed by atoms with Crippen molar-refractivity contribution in [2.75, 3.05) is 46.4 Å². The first-order valence-electron chi connectivity index (χ1n) is 9.24. The molecule has 0 saturated carbocycles. The molecule has 7 nitrogen and oxygen atoms in total. The summed E-state index contributed by atoms with van der Waals surface area (Å²) in [7, 11) is 2.20. The second kappa shape index (κ2) is 7.31. The van der Waals surface area contributed by atoms with Crippen LogP contribution in [0.5, 0.6) is 0 Å². The zero-order valence-electron chi connectivity index (χ0n) is 14.2. The van der Waals surface area contributed by atoms with Crippen molar-refractivity contribution in [3.8, 4) is 0 Å². The van der Waals surface area contributed by atoms with Crippen LogP contribution in [-0.4, -0.2) is 80.8 Å². The van der Waals surface area contributed by atoms with Gasteiger partial charge in [0.15, 0.2) is 0 Å². The summed E-state index contributed by atoms with van der Waals surface area (Å²) in [5, 5.41) is 7.39. The van der Waals surface area contributed by atoms with Crippen molar-refractivity contribution in [2.45, 2.75) is 50.3 Å². The Labute approximate surface area is 139 Å². The van der Waals surface area contributed by atoms with Gasteiger partial charge < -0.3 is 10.1 Å². The van der Waals surface area contributed by atoms with Crippen LogP contribution >= 0.6 is 0 Å². The van der Waals surface area contributed by atoms with E-state index in [1.807, 2.05) is 0 Å². The van der Waals surface area contributed by atoms with E-state index in [4.69, 9.17) is 9.57 Å². The lowest BCUT2D eigenvalue weighted by atomic mass is 9.92. The monoisotopic (exact) mass is 325 g/mol. The molecule has 7 heteroatoms. The highest BCUT2D eigenvalue weighted by Gasteiger charge is 2.40. The van der Waals surface area contributed by atoms with Crippen molar-refractivity contribution in [3.63, 3.8) is 0 Å². The van der Waals surface area contributed by atoms with Crippen LogP contribution in [0, 0.1) is 5.92 Å². The molecule has 0 aromatic heterocycles. The predicted octanol–water partition coefficient (Wildman–Crippen LogP) is -0.485. The molecule has 0 aliphatic carbocycles. The number of piperidine rings is 1. The van der Waals surface area contributed by atoms with Crippen molar-refractivity contribution in [1.82, 2.24) is 25.9 Å². The summed E-state index contributed by atoms with van der Waals surface area (Å²) in [6.07, 6.45) is 5.76. The summed E-state index contributed by atoms with van der Waals surface area (Å²) in [6, 6.07) is 0.504. The minimum atomic E-state index is 0.129. The topological polar surface area (TPSA) is 61.0 Å². The number of hydroxylamine groups is 1. The fraction of sp³-hybridized carbons (Fsp3) is 1.00. The number of ether oxygens (including phenoxy) is 1. The predicted molar refractivity (Wildman–Crippen MR) is 87.5 cm³/mol. The van der Waals surface area contributed by atoms with E-state index in [0.29, 0.717) is 18.1 Å². The van der Waals surface area contributed by atoms with Gasteiger partial charge in [-0.15, -0.1) is 0 Å². The summed E-state index contributed by atoms with van der Waals surface area (Å²) in [5.74, 6) is 0.612. The molecular weight excluding hydrogens is 294 g/mol. The van der Waals surface area contributed by atoms with Gasteiger partial charge >= 0.3 is 0 Å². The summed E-state index contributed by atoms with van der Waals surface area (Å²) < 4.78 is 5.48. The van der Waals surface area contributed by atoms with Gasteiger partial charge in [-0.05, 0) is 51.7 Å². The van der Waals surface area contributed by atoms with Gasteiger partial charge in [-0.1, -0.05) is 0 Å². The van der Waals surface area contributed by atoms with E-state index >= 15 is 0 Å². The largest absolute Gasteiger partial charge is 0.379 e. The number of hydrogen-bond donors (Lipinski definition) is 3. The van der Waals surface area contributed by atoms with Gasteiger partial charge in [0.1, 0.15) is 6.23 Å². The van der Waals surface area contributed by atoms with Crippen molar-refractivity contribution in [2.24, 2.45) is 5.92 Å². The van der Waals surface area contributed by atoms with Crippen LogP contribution in [0.4, 0.5) is 0 Å². The normalized spacial score (nSPS) is 44.0. The fourth-order valence-electron chi connectivity index (χ4n) is 4.53. The number of hydrogen-bond acceptors (Lipinski definition) is 7. The van der Waals surface area contributed by atoms with Gasteiger partial charge in [0, 0.05) is 13.1 Å². The third-order valence-corrected chi connectivity index (χ3v) is 5.97. The molecule has 0 amide bonds. The lowest BCUT2D eigenvalue weighted by molar-refractivity contribution is -0.0248. The SMILES string of the molecule is CN1CCC[C@H]1C1NC(C2CCNC(N3CCOCC3)C2)NO1. The van der Waals surface area contributed by atoms with E-state index in [1.165, 1.54) is 32.2 Å². The number of nitrogens with one attached hydrogen (secondary N) is 3. The first-order chi connectivity index (χ1) is 11.3. The second-order valence-electron chi connectivity index (χ2n) is 7.39.